The molecule has 0 aliphatic rings. The molecule has 1 rings (SSSR count). The Hall–Kier alpha value is -1.62. The van der Waals surface area contributed by atoms with Gasteiger partial charge in [0.15, 0.2) is 17.7 Å². The second kappa shape index (κ2) is 7.85. The van der Waals surface area contributed by atoms with Crippen LogP contribution in [0.4, 0.5) is 4.39 Å². The van der Waals surface area contributed by atoms with Gasteiger partial charge in [-0.05, 0) is 45.0 Å². The van der Waals surface area contributed by atoms with Gasteiger partial charge < -0.3 is 15.4 Å². The van der Waals surface area contributed by atoms with Crippen LogP contribution in [0, 0.1) is 5.82 Å². The average molecular weight is 282 g/mol. The standard InChI is InChI=1S/C15H23FN2O2/c1-5-8-18-15(19)11(3)20-14-7-6-12(9-13(14)16)10(2)17-4/h6-7,9-11,17H,5,8H2,1-4H3,(H,18,19). The number of halogens is 1. The van der Waals surface area contributed by atoms with Gasteiger partial charge >= 0.3 is 0 Å². The van der Waals surface area contributed by atoms with Crippen LogP contribution in [0.15, 0.2) is 18.2 Å². The molecule has 2 N–H and O–H groups in total. The molecule has 0 saturated carbocycles. The van der Waals surface area contributed by atoms with Gasteiger partial charge in [-0.2, -0.15) is 0 Å². The van der Waals surface area contributed by atoms with Crippen LogP contribution in [0.25, 0.3) is 0 Å². The smallest absolute Gasteiger partial charge is 0.260 e. The van der Waals surface area contributed by atoms with Crippen molar-refractivity contribution in [1.29, 1.82) is 0 Å². The molecule has 0 aromatic heterocycles. The summed E-state index contributed by atoms with van der Waals surface area (Å²) in [5.74, 6) is -0.602. The lowest BCUT2D eigenvalue weighted by atomic mass is 10.1. The van der Waals surface area contributed by atoms with E-state index in [2.05, 4.69) is 10.6 Å². The summed E-state index contributed by atoms with van der Waals surface area (Å²) >= 11 is 0. The second-order valence-electron chi connectivity index (χ2n) is 4.75. The zero-order valence-corrected chi connectivity index (χ0v) is 12.5. The van der Waals surface area contributed by atoms with Crippen LogP contribution in [0.5, 0.6) is 5.75 Å². The van der Waals surface area contributed by atoms with Gasteiger partial charge in [0.2, 0.25) is 0 Å². The fraction of sp³-hybridized carbons (Fsp3) is 0.533. The Bertz CT molecular complexity index is 451. The fourth-order valence-corrected chi connectivity index (χ4v) is 1.68. The van der Waals surface area contributed by atoms with Gasteiger partial charge in [0.05, 0.1) is 0 Å². The molecule has 1 aromatic carbocycles. The van der Waals surface area contributed by atoms with Crippen LogP contribution >= 0.6 is 0 Å². The summed E-state index contributed by atoms with van der Waals surface area (Å²) in [5.41, 5.74) is 0.834. The van der Waals surface area contributed by atoms with Crippen LogP contribution in [-0.4, -0.2) is 25.6 Å². The summed E-state index contributed by atoms with van der Waals surface area (Å²) < 4.78 is 19.3. The highest BCUT2D eigenvalue weighted by Crippen LogP contribution is 2.22. The summed E-state index contributed by atoms with van der Waals surface area (Å²) in [6.07, 6.45) is 0.132. The van der Waals surface area contributed by atoms with Crippen molar-refractivity contribution in [2.45, 2.75) is 39.3 Å². The lowest BCUT2D eigenvalue weighted by Gasteiger charge is -2.16. The van der Waals surface area contributed by atoms with Gasteiger partial charge in [-0.25, -0.2) is 4.39 Å². The molecule has 0 bridgehead atoms. The summed E-state index contributed by atoms with van der Waals surface area (Å²) in [5, 5.41) is 5.75. The summed E-state index contributed by atoms with van der Waals surface area (Å²) in [6.45, 7) is 6.10. The average Bonchev–Trinajstić information content (AvgIpc) is 2.45. The number of hydrogen-bond acceptors (Lipinski definition) is 3. The Morgan fingerprint density at radius 3 is 2.65 bits per heavy atom. The maximum Gasteiger partial charge on any atom is 0.260 e. The van der Waals surface area contributed by atoms with E-state index < -0.39 is 11.9 Å². The van der Waals surface area contributed by atoms with E-state index in [9.17, 15) is 9.18 Å². The molecule has 1 aromatic rings. The van der Waals surface area contributed by atoms with Crippen LogP contribution in [0.1, 0.15) is 38.8 Å². The number of rotatable bonds is 7. The SMILES string of the molecule is CCCNC(=O)C(C)Oc1ccc(C(C)NC)cc1F. The van der Waals surface area contributed by atoms with Crippen molar-refractivity contribution in [3.8, 4) is 5.75 Å². The number of hydrogen-bond donors (Lipinski definition) is 2. The van der Waals surface area contributed by atoms with Gasteiger partial charge in [0, 0.05) is 12.6 Å². The summed E-state index contributed by atoms with van der Waals surface area (Å²) in [6, 6.07) is 4.83. The number of nitrogens with one attached hydrogen (secondary N) is 2. The van der Waals surface area contributed by atoms with E-state index >= 15 is 0 Å². The molecular formula is C15H23FN2O2. The first-order chi connectivity index (χ1) is 9.49. The molecule has 5 heteroatoms. The van der Waals surface area contributed by atoms with E-state index in [0.29, 0.717) is 6.54 Å². The van der Waals surface area contributed by atoms with E-state index in [4.69, 9.17) is 4.74 Å². The molecule has 0 fully saturated rings. The largest absolute Gasteiger partial charge is 0.478 e. The highest BCUT2D eigenvalue weighted by molar-refractivity contribution is 5.80. The maximum absolute atomic E-state index is 13.9. The highest BCUT2D eigenvalue weighted by atomic mass is 19.1. The van der Waals surface area contributed by atoms with E-state index in [-0.39, 0.29) is 17.7 Å². The van der Waals surface area contributed by atoms with Crippen molar-refractivity contribution >= 4 is 5.91 Å². The topological polar surface area (TPSA) is 50.4 Å². The molecule has 20 heavy (non-hydrogen) atoms. The quantitative estimate of drug-likeness (QED) is 0.807. The number of benzene rings is 1. The van der Waals surface area contributed by atoms with Gasteiger partial charge in [-0.15, -0.1) is 0 Å². The zero-order valence-electron chi connectivity index (χ0n) is 12.5. The molecule has 112 valence electrons. The predicted molar refractivity (Wildman–Crippen MR) is 77.3 cm³/mol. The van der Waals surface area contributed by atoms with E-state index in [1.165, 1.54) is 6.07 Å². The van der Waals surface area contributed by atoms with Crippen molar-refractivity contribution in [2.75, 3.05) is 13.6 Å². The van der Waals surface area contributed by atoms with Crippen LogP contribution in [0.2, 0.25) is 0 Å². The number of carbonyl (C=O) groups excluding carboxylic acids is 1. The van der Waals surface area contributed by atoms with E-state index in [0.717, 1.165) is 12.0 Å². The molecular weight excluding hydrogens is 259 g/mol. The van der Waals surface area contributed by atoms with Crippen LogP contribution in [0.3, 0.4) is 0 Å². The maximum atomic E-state index is 13.9. The van der Waals surface area contributed by atoms with Crippen molar-refractivity contribution < 1.29 is 13.9 Å². The summed E-state index contributed by atoms with van der Waals surface area (Å²) in [4.78, 5) is 11.7. The van der Waals surface area contributed by atoms with Gasteiger partial charge in [-0.1, -0.05) is 13.0 Å². The first kappa shape index (κ1) is 16.4. The summed E-state index contributed by atoms with van der Waals surface area (Å²) in [7, 11) is 1.81. The Labute approximate surface area is 119 Å². The first-order valence-electron chi connectivity index (χ1n) is 6.90. The van der Waals surface area contributed by atoms with Gasteiger partial charge in [-0.3, -0.25) is 4.79 Å². The Morgan fingerprint density at radius 2 is 2.10 bits per heavy atom. The molecule has 2 unspecified atom stereocenters. The van der Waals surface area contributed by atoms with Crippen LogP contribution < -0.4 is 15.4 Å². The third-order valence-electron chi connectivity index (χ3n) is 3.11. The Morgan fingerprint density at radius 1 is 1.40 bits per heavy atom. The normalized spacial score (nSPS) is 13.7. The predicted octanol–water partition coefficient (Wildman–Crippen LogP) is 2.40. The van der Waals surface area contributed by atoms with Crippen molar-refractivity contribution in [3.63, 3.8) is 0 Å². The number of amides is 1. The molecule has 0 aliphatic heterocycles. The number of carbonyl (C=O) groups is 1. The zero-order chi connectivity index (χ0) is 15.1. The molecule has 0 radical (unpaired) electrons. The van der Waals surface area contributed by atoms with Crippen molar-refractivity contribution in [3.05, 3.63) is 29.6 Å². The monoisotopic (exact) mass is 282 g/mol. The Kier molecular flexibility index (Phi) is 6.45. The van der Waals surface area contributed by atoms with Gasteiger partial charge in [0.1, 0.15) is 0 Å². The van der Waals surface area contributed by atoms with Gasteiger partial charge in [0.25, 0.3) is 5.91 Å². The molecule has 2 atom stereocenters. The highest BCUT2D eigenvalue weighted by Gasteiger charge is 2.16. The molecule has 4 nitrogen and oxygen atoms in total. The lowest BCUT2D eigenvalue weighted by Crippen LogP contribution is -2.36. The minimum absolute atomic E-state index is 0.0591. The number of ether oxygens (including phenoxy) is 1. The molecule has 1 amide bonds. The first-order valence-corrected chi connectivity index (χ1v) is 6.90. The van der Waals surface area contributed by atoms with Crippen molar-refractivity contribution in [2.24, 2.45) is 0 Å². The van der Waals surface area contributed by atoms with E-state index in [1.54, 1.807) is 19.1 Å². The molecule has 0 spiro atoms. The van der Waals surface area contributed by atoms with Crippen molar-refractivity contribution in [1.82, 2.24) is 10.6 Å². The Balaban J connectivity index is 2.71. The second-order valence-corrected chi connectivity index (χ2v) is 4.75. The van der Waals surface area contributed by atoms with Crippen LogP contribution in [-0.2, 0) is 4.79 Å². The fourth-order valence-electron chi connectivity index (χ4n) is 1.68. The third kappa shape index (κ3) is 4.49. The molecule has 0 aliphatic carbocycles. The minimum atomic E-state index is -0.719. The van der Waals surface area contributed by atoms with E-state index in [1.807, 2.05) is 20.9 Å². The minimum Gasteiger partial charge on any atom is -0.478 e. The molecule has 0 heterocycles. The molecule has 0 saturated heterocycles. The third-order valence-corrected chi connectivity index (χ3v) is 3.11. The lowest BCUT2D eigenvalue weighted by molar-refractivity contribution is -0.127.